The molecule has 0 aromatic carbocycles. The van der Waals surface area contributed by atoms with Gasteiger partial charge >= 0.3 is 12.0 Å². The SMILES string of the molecule is CC1CN(C(=O)NC(CCS(C)(=O)=O)C(=O)O)CC(C)S1. The highest BCUT2D eigenvalue weighted by Crippen LogP contribution is 2.24. The van der Waals surface area contributed by atoms with Gasteiger partial charge in [0.1, 0.15) is 15.9 Å². The number of nitrogens with zero attached hydrogens (tertiary/aromatic N) is 1. The summed E-state index contributed by atoms with van der Waals surface area (Å²) in [5.41, 5.74) is 0. The predicted octanol–water partition coefficient (Wildman–Crippen LogP) is 0.410. The van der Waals surface area contributed by atoms with Crippen LogP contribution in [0.1, 0.15) is 20.3 Å². The molecule has 0 bridgehead atoms. The van der Waals surface area contributed by atoms with E-state index in [9.17, 15) is 18.0 Å². The molecule has 0 aromatic rings. The summed E-state index contributed by atoms with van der Waals surface area (Å²) in [5, 5.41) is 12.1. The zero-order valence-corrected chi connectivity index (χ0v) is 14.0. The Morgan fingerprint density at radius 1 is 1.33 bits per heavy atom. The molecular weight excluding hydrogens is 316 g/mol. The number of urea groups is 1. The van der Waals surface area contributed by atoms with Gasteiger partial charge < -0.3 is 15.3 Å². The lowest BCUT2D eigenvalue weighted by Crippen LogP contribution is -2.53. The minimum atomic E-state index is -3.26. The van der Waals surface area contributed by atoms with Crippen LogP contribution in [-0.4, -0.2) is 72.1 Å². The zero-order valence-electron chi connectivity index (χ0n) is 12.4. The van der Waals surface area contributed by atoms with E-state index in [1.54, 1.807) is 16.7 Å². The second-order valence-electron chi connectivity index (χ2n) is 5.42. The van der Waals surface area contributed by atoms with Gasteiger partial charge in [0.15, 0.2) is 0 Å². The highest BCUT2D eigenvalue weighted by molar-refractivity contribution is 8.00. The van der Waals surface area contributed by atoms with Crippen molar-refractivity contribution < 1.29 is 23.1 Å². The average molecular weight is 338 g/mol. The quantitative estimate of drug-likeness (QED) is 0.752. The van der Waals surface area contributed by atoms with Crippen LogP contribution in [0.2, 0.25) is 0 Å². The average Bonchev–Trinajstić information content (AvgIpc) is 2.31. The van der Waals surface area contributed by atoms with Gasteiger partial charge in [-0.15, -0.1) is 0 Å². The maximum absolute atomic E-state index is 12.1. The first-order valence-electron chi connectivity index (χ1n) is 6.70. The van der Waals surface area contributed by atoms with Crippen LogP contribution in [0.25, 0.3) is 0 Å². The van der Waals surface area contributed by atoms with Gasteiger partial charge in [-0.3, -0.25) is 0 Å². The molecule has 21 heavy (non-hydrogen) atoms. The fourth-order valence-electron chi connectivity index (χ4n) is 2.17. The molecule has 1 heterocycles. The van der Waals surface area contributed by atoms with Gasteiger partial charge in [-0.25, -0.2) is 18.0 Å². The maximum Gasteiger partial charge on any atom is 0.326 e. The number of amides is 2. The van der Waals surface area contributed by atoms with Crippen LogP contribution in [0.3, 0.4) is 0 Å². The molecule has 3 atom stereocenters. The molecule has 1 saturated heterocycles. The van der Waals surface area contributed by atoms with Crippen LogP contribution in [0.4, 0.5) is 4.79 Å². The van der Waals surface area contributed by atoms with E-state index >= 15 is 0 Å². The van der Waals surface area contributed by atoms with Gasteiger partial charge in [-0.05, 0) is 6.42 Å². The van der Waals surface area contributed by atoms with Crippen LogP contribution < -0.4 is 5.32 Å². The molecular formula is C12H22N2O5S2. The van der Waals surface area contributed by atoms with Gasteiger partial charge in [0.2, 0.25) is 0 Å². The first-order chi connectivity index (χ1) is 9.58. The summed E-state index contributed by atoms with van der Waals surface area (Å²) in [5.74, 6) is -1.49. The Labute approximate surface area is 129 Å². The second kappa shape index (κ2) is 7.35. The van der Waals surface area contributed by atoms with E-state index in [1.165, 1.54) is 0 Å². The van der Waals surface area contributed by atoms with Crippen molar-refractivity contribution in [3.63, 3.8) is 0 Å². The molecule has 122 valence electrons. The van der Waals surface area contributed by atoms with E-state index in [1.807, 2.05) is 13.8 Å². The van der Waals surface area contributed by atoms with Crippen molar-refractivity contribution in [2.75, 3.05) is 25.1 Å². The minimum absolute atomic E-state index is 0.131. The van der Waals surface area contributed by atoms with Crippen LogP contribution in [0.15, 0.2) is 0 Å². The fourth-order valence-corrected chi connectivity index (χ4v) is 4.16. The molecule has 1 aliphatic heterocycles. The van der Waals surface area contributed by atoms with E-state index < -0.39 is 27.9 Å². The topological polar surface area (TPSA) is 104 Å². The molecule has 2 N–H and O–H groups in total. The summed E-state index contributed by atoms with van der Waals surface area (Å²) >= 11 is 1.78. The van der Waals surface area contributed by atoms with Gasteiger partial charge in [0.25, 0.3) is 0 Å². The Kier molecular flexibility index (Phi) is 6.33. The maximum atomic E-state index is 12.1. The fraction of sp³-hybridized carbons (Fsp3) is 0.833. The first kappa shape index (κ1) is 18.1. The second-order valence-corrected chi connectivity index (χ2v) is 9.56. The van der Waals surface area contributed by atoms with E-state index in [0.29, 0.717) is 23.6 Å². The highest BCUT2D eigenvalue weighted by atomic mass is 32.2. The van der Waals surface area contributed by atoms with Crippen LogP contribution >= 0.6 is 11.8 Å². The van der Waals surface area contributed by atoms with Crippen molar-refractivity contribution in [1.82, 2.24) is 10.2 Å². The van der Waals surface area contributed by atoms with Crippen molar-refractivity contribution >= 4 is 33.6 Å². The molecule has 1 rings (SSSR count). The number of carbonyl (C=O) groups is 2. The third-order valence-electron chi connectivity index (χ3n) is 3.08. The summed E-state index contributed by atoms with van der Waals surface area (Å²) in [7, 11) is -3.26. The first-order valence-corrected chi connectivity index (χ1v) is 9.70. The van der Waals surface area contributed by atoms with Crippen LogP contribution in [-0.2, 0) is 14.6 Å². The summed E-state index contributed by atoms with van der Waals surface area (Å²) < 4.78 is 22.2. The molecule has 0 aromatic heterocycles. The van der Waals surface area contributed by atoms with Crippen molar-refractivity contribution in [2.45, 2.75) is 36.8 Å². The third kappa shape index (κ3) is 6.56. The smallest absolute Gasteiger partial charge is 0.326 e. The summed E-state index contributed by atoms with van der Waals surface area (Å²) in [6.07, 6.45) is 0.909. The third-order valence-corrected chi connectivity index (χ3v) is 5.28. The van der Waals surface area contributed by atoms with Gasteiger partial charge in [-0.2, -0.15) is 11.8 Å². The summed E-state index contributed by atoms with van der Waals surface area (Å²) in [6, 6.07) is -1.64. The number of carbonyl (C=O) groups excluding carboxylic acids is 1. The Hall–Kier alpha value is -0.960. The van der Waals surface area contributed by atoms with Gasteiger partial charge in [-0.1, -0.05) is 13.8 Å². The number of aliphatic carboxylic acids is 1. The Bertz CT molecular complexity index is 484. The molecule has 1 aliphatic rings. The molecule has 0 radical (unpaired) electrons. The minimum Gasteiger partial charge on any atom is -0.480 e. The number of carboxylic acid groups (broad SMARTS) is 1. The van der Waals surface area contributed by atoms with Crippen LogP contribution in [0, 0.1) is 0 Å². The number of carboxylic acids is 1. The molecule has 0 saturated carbocycles. The van der Waals surface area contributed by atoms with E-state index in [2.05, 4.69) is 5.32 Å². The molecule has 7 nitrogen and oxygen atoms in total. The molecule has 1 fully saturated rings. The monoisotopic (exact) mass is 338 g/mol. The highest BCUT2D eigenvalue weighted by Gasteiger charge is 2.29. The lowest BCUT2D eigenvalue weighted by atomic mass is 10.2. The lowest BCUT2D eigenvalue weighted by molar-refractivity contribution is -0.139. The zero-order chi connectivity index (χ0) is 16.2. The lowest BCUT2D eigenvalue weighted by Gasteiger charge is -2.35. The number of hydrogen-bond acceptors (Lipinski definition) is 5. The van der Waals surface area contributed by atoms with Crippen molar-refractivity contribution in [3.05, 3.63) is 0 Å². The van der Waals surface area contributed by atoms with Crippen molar-refractivity contribution in [2.24, 2.45) is 0 Å². The number of thioether (sulfide) groups is 1. The number of hydrogen-bond donors (Lipinski definition) is 2. The molecule has 9 heteroatoms. The van der Waals surface area contributed by atoms with Crippen molar-refractivity contribution in [1.29, 1.82) is 0 Å². The van der Waals surface area contributed by atoms with Crippen molar-refractivity contribution in [3.8, 4) is 0 Å². The summed E-state index contributed by atoms with van der Waals surface area (Å²) in [6.45, 7) is 5.14. The Morgan fingerprint density at radius 2 is 1.86 bits per heavy atom. The standard InChI is InChI=1S/C12H22N2O5S2/c1-8-6-14(7-9(2)20-8)12(17)13-10(11(15)16)4-5-21(3,18)19/h8-10H,4-7H2,1-3H3,(H,13,17)(H,15,16). The van der Waals surface area contributed by atoms with Gasteiger partial charge in [0, 0.05) is 29.8 Å². The number of nitrogens with one attached hydrogen (secondary N) is 1. The van der Waals surface area contributed by atoms with E-state index in [0.717, 1.165) is 6.26 Å². The molecule has 0 aliphatic carbocycles. The predicted molar refractivity (Wildman–Crippen MR) is 82.4 cm³/mol. The Morgan fingerprint density at radius 3 is 2.29 bits per heavy atom. The van der Waals surface area contributed by atoms with E-state index in [4.69, 9.17) is 5.11 Å². The number of rotatable bonds is 5. The largest absolute Gasteiger partial charge is 0.480 e. The Balaban J connectivity index is 2.62. The van der Waals surface area contributed by atoms with Gasteiger partial charge in [0.05, 0.1) is 5.75 Å². The number of sulfone groups is 1. The molecule has 2 amide bonds. The normalized spacial score (nSPS) is 24.4. The van der Waals surface area contributed by atoms with Crippen LogP contribution in [0.5, 0.6) is 0 Å². The molecule has 0 spiro atoms. The summed E-state index contributed by atoms with van der Waals surface area (Å²) in [4.78, 5) is 24.8. The molecule has 3 unspecified atom stereocenters. The van der Waals surface area contributed by atoms with E-state index in [-0.39, 0.29) is 12.2 Å².